The predicted octanol–water partition coefficient (Wildman–Crippen LogP) is 3.98. The van der Waals surface area contributed by atoms with Gasteiger partial charge in [-0.05, 0) is 31.9 Å². The Balaban J connectivity index is 2.47. The van der Waals surface area contributed by atoms with Crippen molar-refractivity contribution in [2.45, 2.75) is 52.6 Å². The minimum absolute atomic E-state index is 0.237. The van der Waals surface area contributed by atoms with E-state index in [1.807, 2.05) is 0 Å². The van der Waals surface area contributed by atoms with Gasteiger partial charge in [0.2, 0.25) is 0 Å². The van der Waals surface area contributed by atoms with Gasteiger partial charge in [-0.15, -0.1) is 11.3 Å². The molecule has 0 radical (unpaired) electrons. The van der Waals surface area contributed by atoms with Crippen LogP contribution in [0.3, 0.4) is 0 Å². The van der Waals surface area contributed by atoms with Gasteiger partial charge in [-0.2, -0.15) is 0 Å². The van der Waals surface area contributed by atoms with Crippen LogP contribution in [0.1, 0.15) is 54.0 Å². The summed E-state index contributed by atoms with van der Waals surface area (Å²) in [7, 11) is 0. The Morgan fingerprint density at radius 2 is 2.07 bits per heavy atom. The molecule has 14 heavy (non-hydrogen) atoms. The predicted molar refractivity (Wildman–Crippen MR) is 62.9 cm³/mol. The van der Waals surface area contributed by atoms with Crippen LogP contribution in [-0.2, 0) is 0 Å². The summed E-state index contributed by atoms with van der Waals surface area (Å²) in [6, 6.07) is 2.12. The largest absolute Gasteiger partial charge is 0.388 e. The number of hydrogen-bond acceptors (Lipinski definition) is 2. The van der Waals surface area contributed by atoms with E-state index in [9.17, 15) is 5.11 Å². The smallest absolute Gasteiger partial charge is 0.0882 e. The third-order valence-corrected chi connectivity index (χ3v) is 3.85. The van der Waals surface area contributed by atoms with Crippen LogP contribution in [0.25, 0.3) is 0 Å². The van der Waals surface area contributed by atoms with E-state index >= 15 is 0 Å². The van der Waals surface area contributed by atoms with Crippen molar-refractivity contribution in [3.8, 4) is 0 Å². The number of unbranched alkanes of at least 4 members (excludes halogenated alkanes) is 2. The summed E-state index contributed by atoms with van der Waals surface area (Å²) in [6.07, 6.45) is 4.25. The lowest BCUT2D eigenvalue weighted by molar-refractivity contribution is 0.167. The van der Waals surface area contributed by atoms with Gasteiger partial charge in [0, 0.05) is 9.75 Å². The number of rotatable bonds is 5. The van der Waals surface area contributed by atoms with Crippen LogP contribution >= 0.6 is 11.3 Å². The van der Waals surface area contributed by atoms with E-state index in [1.54, 1.807) is 11.3 Å². The molecule has 0 saturated heterocycles. The average molecular weight is 212 g/mol. The highest BCUT2D eigenvalue weighted by Gasteiger charge is 2.10. The summed E-state index contributed by atoms with van der Waals surface area (Å²) in [5.74, 6) is 0. The van der Waals surface area contributed by atoms with E-state index in [-0.39, 0.29) is 6.10 Å². The van der Waals surface area contributed by atoms with Crippen molar-refractivity contribution in [2.24, 2.45) is 0 Å². The molecule has 1 aromatic rings. The average Bonchev–Trinajstić information content (AvgIpc) is 2.47. The third-order valence-electron chi connectivity index (χ3n) is 2.59. The molecule has 0 aliphatic rings. The quantitative estimate of drug-likeness (QED) is 0.732. The van der Waals surface area contributed by atoms with Crippen molar-refractivity contribution in [3.05, 3.63) is 21.4 Å². The fraction of sp³-hybridized carbons (Fsp3) is 0.667. The molecule has 0 bridgehead atoms. The lowest BCUT2D eigenvalue weighted by Crippen LogP contribution is -1.93. The first-order valence-corrected chi connectivity index (χ1v) is 6.21. The fourth-order valence-corrected chi connectivity index (χ4v) is 2.56. The molecule has 0 aliphatic heterocycles. The van der Waals surface area contributed by atoms with Crippen LogP contribution in [0.4, 0.5) is 0 Å². The number of hydrogen-bond donors (Lipinski definition) is 1. The van der Waals surface area contributed by atoms with Crippen LogP contribution in [0.5, 0.6) is 0 Å². The zero-order chi connectivity index (χ0) is 10.6. The second-order valence-electron chi connectivity index (χ2n) is 3.90. The Hall–Kier alpha value is -0.340. The summed E-state index contributed by atoms with van der Waals surface area (Å²) < 4.78 is 0. The molecule has 1 unspecified atom stereocenters. The Bertz CT molecular complexity index is 258. The van der Waals surface area contributed by atoms with Gasteiger partial charge >= 0.3 is 0 Å². The summed E-state index contributed by atoms with van der Waals surface area (Å²) in [6.45, 7) is 6.40. The van der Waals surface area contributed by atoms with E-state index in [2.05, 4.69) is 26.8 Å². The van der Waals surface area contributed by atoms with Crippen LogP contribution in [0.15, 0.2) is 6.07 Å². The lowest BCUT2D eigenvalue weighted by atomic mass is 10.1. The molecule has 1 aromatic heterocycles. The normalized spacial score (nSPS) is 13.1. The second kappa shape index (κ2) is 5.52. The first-order valence-electron chi connectivity index (χ1n) is 5.40. The summed E-state index contributed by atoms with van der Waals surface area (Å²) in [4.78, 5) is 2.46. The maximum atomic E-state index is 9.90. The van der Waals surface area contributed by atoms with Crippen LogP contribution in [-0.4, -0.2) is 5.11 Å². The van der Waals surface area contributed by atoms with Crippen molar-refractivity contribution < 1.29 is 5.11 Å². The minimum Gasteiger partial charge on any atom is -0.388 e. The van der Waals surface area contributed by atoms with Crippen molar-refractivity contribution in [1.82, 2.24) is 0 Å². The van der Waals surface area contributed by atoms with Gasteiger partial charge < -0.3 is 5.11 Å². The molecule has 1 rings (SSSR count). The monoisotopic (exact) mass is 212 g/mol. The topological polar surface area (TPSA) is 20.2 Å². The highest BCUT2D eigenvalue weighted by molar-refractivity contribution is 7.12. The van der Waals surface area contributed by atoms with Crippen molar-refractivity contribution in [2.75, 3.05) is 0 Å². The number of aliphatic hydroxyl groups excluding tert-OH is 1. The van der Waals surface area contributed by atoms with Gasteiger partial charge in [0.15, 0.2) is 0 Å². The molecule has 0 aliphatic carbocycles. The van der Waals surface area contributed by atoms with Crippen molar-refractivity contribution in [1.29, 1.82) is 0 Å². The van der Waals surface area contributed by atoms with E-state index in [0.29, 0.717) is 0 Å². The molecule has 0 aromatic carbocycles. The lowest BCUT2D eigenvalue weighted by Gasteiger charge is -2.06. The van der Waals surface area contributed by atoms with E-state index in [4.69, 9.17) is 0 Å². The standard InChI is InChI=1S/C12H20OS/c1-4-5-6-7-11(13)12-8-9(2)10(3)14-12/h8,11,13H,4-7H2,1-3H3. The number of thiophene rings is 1. The Labute approximate surface area is 90.8 Å². The Morgan fingerprint density at radius 1 is 1.36 bits per heavy atom. The Morgan fingerprint density at radius 3 is 2.57 bits per heavy atom. The van der Waals surface area contributed by atoms with Gasteiger partial charge in [0.1, 0.15) is 0 Å². The van der Waals surface area contributed by atoms with E-state index in [1.165, 1.54) is 23.3 Å². The zero-order valence-electron chi connectivity index (χ0n) is 9.34. The van der Waals surface area contributed by atoms with Crippen LogP contribution < -0.4 is 0 Å². The van der Waals surface area contributed by atoms with Crippen molar-refractivity contribution in [3.63, 3.8) is 0 Å². The SMILES string of the molecule is CCCCCC(O)c1cc(C)c(C)s1. The van der Waals surface area contributed by atoms with Gasteiger partial charge in [-0.25, -0.2) is 0 Å². The van der Waals surface area contributed by atoms with E-state index in [0.717, 1.165) is 17.7 Å². The molecule has 0 saturated carbocycles. The molecule has 1 N–H and O–H groups in total. The Kier molecular flexibility index (Phi) is 4.63. The van der Waals surface area contributed by atoms with Gasteiger partial charge in [-0.1, -0.05) is 26.2 Å². The summed E-state index contributed by atoms with van der Waals surface area (Å²) in [5.41, 5.74) is 1.31. The molecule has 2 heteroatoms. The molecular weight excluding hydrogens is 192 g/mol. The van der Waals surface area contributed by atoms with Gasteiger partial charge in [-0.3, -0.25) is 0 Å². The highest BCUT2D eigenvalue weighted by Crippen LogP contribution is 2.29. The zero-order valence-corrected chi connectivity index (χ0v) is 10.2. The summed E-state index contributed by atoms with van der Waals surface area (Å²) >= 11 is 1.73. The number of aryl methyl sites for hydroxylation is 2. The van der Waals surface area contributed by atoms with E-state index < -0.39 is 0 Å². The number of aliphatic hydroxyl groups is 1. The summed E-state index contributed by atoms with van der Waals surface area (Å²) in [5, 5.41) is 9.90. The van der Waals surface area contributed by atoms with Crippen molar-refractivity contribution >= 4 is 11.3 Å². The molecular formula is C12H20OS. The first kappa shape index (κ1) is 11.7. The molecule has 0 spiro atoms. The molecule has 0 fully saturated rings. The minimum atomic E-state index is -0.237. The van der Waals surface area contributed by atoms with Crippen LogP contribution in [0.2, 0.25) is 0 Å². The highest BCUT2D eigenvalue weighted by atomic mass is 32.1. The van der Waals surface area contributed by atoms with Gasteiger partial charge in [0.25, 0.3) is 0 Å². The first-order chi connectivity index (χ1) is 6.65. The maximum Gasteiger partial charge on any atom is 0.0882 e. The molecule has 80 valence electrons. The maximum absolute atomic E-state index is 9.90. The fourth-order valence-electron chi connectivity index (χ4n) is 1.50. The molecule has 0 amide bonds. The molecule has 1 heterocycles. The molecule has 1 atom stereocenters. The van der Waals surface area contributed by atoms with Crippen LogP contribution in [0, 0.1) is 13.8 Å². The van der Waals surface area contributed by atoms with Gasteiger partial charge in [0.05, 0.1) is 6.10 Å². The second-order valence-corrected chi connectivity index (χ2v) is 5.19. The third kappa shape index (κ3) is 3.10. The molecule has 1 nitrogen and oxygen atoms in total.